The van der Waals surface area contributed by atoms with Crippen molar-refractivity contribution < 1.29 is 39.1 Å². The van der Waals surface area contributed by atoms with Crippen molar-refractivity contribution in [1.29, 1.82) is 0 Å². The van der Waals surface area contributed by atoms with E-state index in [9.17, 15) is 20.1 Å². The SMILES string of the molecule is COC(=O)C=Cc1ccc(OC(CO)C(O)c2ccc(O)c(OC)c2)c(OC)c1. The van der Waals surface area contributed by atoms with Gasteiger partial charge >= 0.3 is 5.97 Å². The zero-order valence-corrected chi connectivity index (χ0v) is 16.4. The van der Waals surface area contributed by atoms with E-state index in [0.717, 1.165) is 0 Å². The zero-order chi connectivity index (χ0) is 21.4. The van der Waals surface area contributed by atoms with E-state index in [1.54, 1.807) is 24.3 Å². The van der Waals surface area contributed by atoms with Crippen LogP contribution in [0.4, 0.5) is 0 Å². The summed E-state index contributed by atoms with van der Waals surface area (Å²) in [5.74, 6) is 0.286. The van der Waals surface area contributed by atoms with Crippen LogP contribution in [-0.4, -0.2) is 55.3 Å². The van der Waals surface area contributed by atoms with E-state index >= 15 is 0 Å². The second-order valence-electron chi connectivity index (χ2n) is 5.98. The fourth-order valence-electron chi connectivity index (χ4n) is 2.57. The van der Waals surface area contributed by atoms with Gasteiger partial charge in [-0.1, -0.05) is 12.1 Å². The molecule has 0 spiro atoms. The molecule has 29 heavy (non-hydrogen) atoms. The van der Waals surface area contributed by atoms with Crippen molar-refractivity contribution in [2.24, 2.45) is 0 Å². The van der Waals surface area contributed by atoms with E-state index in [0.29, 0.717) is 22.6 Å². The molecule has 0 bridgehead atoms. The van der Waals surface area contributed by atoms with E-state index in [1.165, 1.54) is 45.6 Å². The van der Waals surface area contributed by atoms with Gasteiger partial charge < -0.3 is 34.3 Å². The lowest BCUT2D eigenvalue weighted by Crippen LogP contribution is -2.29. The van der Waals surface area contributed by atoms with Gasteiger partial charge in [-0.2, -0.15) is 0 Å². The summed E-state index contributed by atoms with van der Waals surface area (Å²) >= 11 is 0. The number of rotatable bonds is 9. The predicted molar refractivity (Wildman–Crippen MR) is 105 cm³/mol. The number of esters is 1. The minimum atomic E-state index is -1.20. The first-order valence-corrected chi connectivity index (χ1v) is 8.70. The molecule has 0 heterocycles. The predicted octanol–water partition coefficient (Wildman–Crippen LogP) is 2.07. The highest BCUT2D eigenvalue weighted by Crippen LogP contribution is 2.34. The van der Waals surface area contributed by atoms with Gasteiger partial charge in [-0.25, -0.2) is 4.79 Å². The van der Waals surface area contributed by atoms with Gasteiger partial charge in [0.1, 0.15) is 6.10 Å². The number of aromatic hydroxyl groups is 1. The maximum Gasteiger partial charge on any atom is 0.330 e. The summed E-state index contributed by atoms with van der Waals surface area (Å²) in [6, 6.07) is 9.27. The van der Waals surface area contributed by atoms with Crippen molar-refractivity contribution in [3.8, 4) is 23.0 Å². The number of carbonyl (C=O) groups is 1. The Morgan fingerprint density at radius 3 is 2.38 bits per heavy atom. The molecule has 0 aromatic heterocycles. The molecular formula is C21H24O8. The van der Waals surface area contributed by atoms with Gasteiger partial charge in [0.25, 0.3) is 0 Å². The first-order chi connectivity index (χ1) is 13.9. The monoisotopic (exact) mass is 404 g/mol. The summed E-state index contributed by atoms with van der Waals surface area (Å²) in [6.07, 6.45) is 0.625. The van der Waals surface area contributed by atoms with Crippen LogP contribution in [0.3, 0.4) is 0 Å². The molecule has 2 atom stereocenters. The third kappa shape index (κ3) is 5.63. The molecule has 156 valence electrons. The van der Waals surface area contributed by atoms with Gasteiger partial charge in [-0.05, 0) is 41.5 Å². The molecule has 2 unspecified atom stereocenters. The Hall–Kier alpha value is -3.23. The Labute approximate surface area is 168 Å². The molecule has 8 nitrogen and oxygen atoms in total. The van der Waals surface area contributed by atoms with Crippen molar-refractivity contribution in [2.75, 3.05) is 27.9 Å². The molecular weight excluding hydrogens is 380 g/mol. The molecule has 0 saturated carbocycles. The number of hydrogen-bond donors (Lipinski definition) is 3. The molecule has 2 aromatic rings. The van der Waals surface area contributed by atoms with Gasteiger partial charge in [0.2, 0.25) is 0 Å². The third-order valence-corrected chi connectivity index (χ3v) is 4.16. The minimum absolute atomic E-state index is 0.0674. The standard InChI is InChI=1S/C21H24O8/c1-26-17-11-14(6-7-15(17)23)21(25)19(12-22)29-16-8-4-13(10-18(16)27-2)5-9-20(24)28-3/h4-11,19,21-23,25H,12H2,1-3H3. The molecule has 0 amide bonds. The second kappa shape index (κ2) is 10.4. The van der Waals surface area contributed by atoms with Gasteiger partial charge in [-0.15, -0.1) is 0 Å². The van der Waals surface area contributed by atoms with E-state index in [-0.39, 0.29) is 11.5 Å². The quantitative estimate of drug-likeness (QED) is 0.430. The van der Waals surface area contributed by atoms with Crippen molar-refractivity contribution in [3.63, 3.8) is 0 Å². The van der Waals surface area contributed by atoms with Crippen molar-refractivity contribution >= 4 is 12.0 Å². The Bertz CT molecular complexity index is 862. The first-order valence-electron chi connectivity index (χ1n) is 8.70. The molecule has 3 N–H and O–H groups in total. The summed E-state index contributed by atoms with van der Waals surface area (Å²) in [5.41, 5.74) is 1.07. The lowest BCUT2D eigenvalue weighted by molar-refractivity contribution is -0.134. The highest BCUT2D eigenvalue weighted by atomic mass is 16.5. The van der Waals surface area contributed by atoms with Crippen LogP contribution in [0, 0.1) is 0 Å². The highest BCUT2D eigenvalue weighted by molar-refractivity contribution is 5.87. The maximum absolute atomic E-state index is 11.2. The summed E-state index contributed by atoms with van der Waals surface area (Å²) in [6.45, 7) is -0.475. The number of aliphatic hydroxyl groups is 2. The summed E-state index contributed by atoms with van der Waals surface area (Å²) in [4.78, 5) is 11.2. The largest absolute Gasteiger partial charge is 0.504 e. The summed E-state index contributed by atoms with van der Waals surface area (Å²) in [7, 11) is 4.13. The molecule has 2 aromatic carbocycles. The highest BCUT2D eigenvalue weighted by Gasteiger charge is 2.24. The average Bonchev–Trinajstić information content (AvgIpc) is 2.75. The van der Waals surface area contributed by atoms with E-state index in [1.807, 2.05) is 0 Å². The minimum Gasteiger partial charge on any atom is -0.504 e. The number of methoxy groups -OCH3 is 3. The molecule has 2 rings (SSSR count). The molecule has 0 aliphatic carbocycles. The molecule has 0 aliphatic rings. The Morgan fingerprint density at radius 1 is 1.03 bits per heavy atom. The van der Waals surface area contributed by atoms with Crippen molar-refractivity contribution in [2.45, 2.75) is 12.2 Å². The van der Waals surface area contributed by atoms with Crippen LogP contribution in [0.5, 0.6) is 23.0 Å². The van der Waals surface area contributed by atoms with Crippen LogP contribution in [0.15, 0.2) is 42.5 Å². The average molecular weight is 404 g/mol. The number of ether oxygens (including phenoxy) is 4. The number of aliphatic hydroxyl groups excluding tert-OH is 2. The van der Waals surface area contributed by atoms with Gasteiger partial charge in [0.05, 0.1) is 27.9 Å². The summed E-state index contributed by atoms with van der Waals surface area (Å²) < 4.78 is 20.7. The van der Waals surface area contributed by atoms with E-state index in [2.05, 4.69) is 4.74 Å². The summed E-state index contributed by atoms with van der Waals surface area (Å²) in [5, 5.41) is 30.0. The van der Waals surface area contributed by atoms with E-state index in [4.69, 9.17) is 14.2 Å². The molecule has 0 aliphatic heterocycles. The molecule has 0 radical (unpaired) electrons. The fraction of sp³-hybridized carbons (Fsp3) is 0.286. The van der Waals surface area contributed by atoms with Crippen LogP contribution < -0.4 is 14.2 Å². The fourth-order valence-corrected chi connectivity index (χ4v) is 2.57. The van der Waals surface area contributed by atoms with E-state index < -0.39 is 24.8 Å². The van der Waals surface area contributed by atoms with Crippen LogP contribution >= 0.6 is 0 Å². The Kier molecular flexibility index (Phi) is 7.88. The van der Waals surface area contributed by atoms with Crippen LogP contribution in [0.25, 0.3) is 6.08 Å². The Balaban J connectivity index is 2.23. The molecule has 8 heteroatoms. The first kappa shape index (κ1) is 22.1. The number of hydrogen-bond acceptors (Lipinski definition) is 8. The Morgan fingerprint density at radius 2 is 1.76 bits per heavy atom. The number of carbonyl (C=O) groups excluding carboxylic acids is 1. The molecule has 0 saturated heterocycles. The smallest absolute Gasteiger partial charge is 0.330 e. The molecule has 0 fully saturated rings. The number of phenols is 1. The topological polar surface area (TPSA) is 115 Å². The maximum atomic E-state index is 11.2. The third-order valence-electron chi connectivity index (χ3n) is 4.16. The number of benzene rings is 2. The normalized spacial score (nSPS) is 13.0. The lowest BCUT2D eigenvalue weighted by Gasteiger charge is -2.24. The van der Waals surface area contributed by atoms with Crippen LogP contribution in [0.2, 0.25) is 0 Å². The van der Waals surface area contributed by atoms with Gasteiger partial charge in [0, 0.05) is 6.08 Å². The van der Waals surface area contributed by atoms with Gasteiger partial charge in [0.15, 0.2) is 29.1 Å². The van der Waals surface area contributed by atoms with Crippen molar-refractivity contribution in [3.05, 3.63) is 53.6 Å². The van der Waals surface area contributed by atoms with Crippen molar-refractivity contribution in [1.82, 2.24) is 0 Å². The second-order valence-corrected chi connectivity index (χ2v) is 5.98. The van der Waals surface area contributed by atoms with Gasteiger partial charge in [-0.3, -0.25) is 0 Å². The lowest BCUT2D eigenvalue weighted by atomic mass is 10.0. The zero-order valence-electron chi connectivity index (χ0n) is 16.4. The van der Waals surface area contributed by atoms with Crippen LogP contribution in [-0.2, 0) is 9.53 Å². The number of phenolic OH excluding ortho intramolecular Hbond substituents is 1. The van der Waals surface area contributed by atoms with Crippen LogP contribution in [0.1, 0.15) is 17.2 Å².